The van der Waals surface area contributed by atoms with E-state index in [1.807, 2.05) is 18.2 Å². The summed E-state index contributed by atoms with van der Waals surface area (Å²) in [4.78, 5) is 12.1. The second-order valence-corrected chi connectivity index (χ2v) is 5.03. The van der Waals surface area contributed by atoms with Gasteiger partial charge in [-0.25, -0.2) is 0 Å². The Morgan fingerprint density at radius 1 is 1.53 bits per heavy atom. The van der Waals surface area contributed by atoms with Gasteiger partial charge in [-0.05, 0) is 31.4 Å². The van der Waals surface area contributed by atoms with Gasteiger partial charge in [0.2, 0.25) is 5.91 Å². The third-order valence-electron chi connectivity index (χ3n) is 3.13. The molecule has 0 saturated heterocycles. The number of benzene rings is 1. The summed E-state index contributed by atoms with van der Waals surface area (Å²) >= 11 is 6.13. The summed E-state index contributed by atoms with van der Waals surface area (Å²) in [5.74, 6) is -0.0356. The van der Waals surface area contributed by atoms with Gasteiger partial charge in [0, 0.05) is 11.6 Å². The Morgan fingerprint density at radius 2 is 2.18 bits per heavy atom. The second kappa shape index (κ2) is 4.67. The molecule has 0 radical (unpaired) electrons. The summed E-state index contributed by atoms with van der Waals surface area (Å²) in [5, 5.41) is 12.6. The predicted molar refractivity (Wildman–Crippen MR) is 67.1 cm³/mol. The largest absolute Gasteiger partial charge is 0.392 e. The van der Waals surface area contributed by atoms with Crippen molar-refractivity contribution in [2.75, 3.05) is 6.54 Å². The first-order valence-corrected chi connectivity index (χ1v) is 6.15. The van der Waals surface area contributed by atoms with E-state index in [0.717, 1.165) is 18.4 Å². The lowest BCUT2D eigenvalue weighted by Gasteiger charge is -2.17. The zero-order chi connectivity index (χ0) is 12.5. The normalized spacial score (nSPS) is 18.5. The third-order valence-corrected chi connectivity index (χ3v) is 3.46. The monoisotopic (exact) mass is 253 g/mol. The molecule has 4 heteroatoms. The number of aliphatic hydroxyl groups excluding tert-OH is 1. The van der Waals surface area contributed by atoms with E-state index in [-0.39, 0.29) is 12.5 Å². The van der Waals surface area contributed by atoms with Gasteiger partial charge in [0.25, 0.3) is 0 Å². The van der Waals surface area contributed by atoms with E-state index in [2.05, 4.69) is 5.32 Å². The fourth-order valence-corrected chi connectivity index (χ4v) is 2.32. The van der Waals surface area contributed by atoms with Crippen molar-refractivity contribution in [3.05, 3.63) is 34.9 Å². The number of carbonyl (C=O) groups is 1. The summed E-state index contributed by atoms with van der Waals surface area (Å²) in [6, 6.07) is 7.45. The lowest BCUT2D eigenvalue weighted by Crippen LogP contribution is -2.38. The molecule has 0 aliphatic heterocycles. The van der Waals surface area contributed by atoms with Crippen LogP contribution in [0.15, 0.2) is 24.3 Å². The lowest BCUT2D eigenvalue weighted by molar-refractivity contribution is -0.124. The molecule has 1 aromatic rings. The van der Waals surface area contributed by atoms with Gasteiger partial charge in [0.1, 0.15) is 0 Å². The highest BCUT2D eigenvalue weighted by atomic mass is 35.5. The molecular weight excluding hydrogens is 238 g/mol. The van der Waals surface area contributed by atoms with Crippen molar-refractivity contribution in [1.82, 2.24) is 5.32 Å². The molecule has 0 aromatic heterocycles. The van der Waals surface area contributed by atoms with Crippen LogP contribution >= 0.6 is 11.6 Å². The van der Waals surface area contributed by atoms with E-state index in [1.54, 1.807) is 13.0 Å². The summed E-state index contributed by atoms with van der Waals surface area (Å²) < 4.78 is 0. The Kier molecular flexibility index (Phi) is 3.40. The van der Waals surface area contributed by atoms with Gasteiger partial charge in [-0.2, -0.15) is 0 Å². The number of rotatable bonds is 4. The Hall–Kier alpha value is -1.06. The minimum atomic E-state index is -0.527. The number of hydrogen-bond donors (Lipinski definition) is 2. The molecule has 1 fully saturated rings. The first kappa shape index (κ1) is 12.4. The fourth-order valence-electron chi connectivity index (χ4n) is 2.00. The van der Waals surface area contributed by atoms with E-state index in [4.69, 9.17) is 11.6 Å². The number of amides is 1. The van der Waals surface area contributed by atoms with Crippen molar-refractivity contribution in [3.63, 3.8) is 0 Å². The van der Waals surface area contributed by atoms with E-state index < -0.39 is 11.5 Å². The minimum absolute atomic E-state index is 0.0356. The van der Waals surface area contributed by atoms with Gasteiger partial charge < -0.3 is 10.4 Å². The molecule has 17 heavy (non-hydrogen) atoms. The molecule has 2 N–H and O–H groups in total. The van der Waals surface area contributed by atoms with E-state index in [9.17, 15) is 9.90 Å². The molecule has 1 aliphatic rings. The van der Waals surface area contributed by atoms with Gasteiger partial charge in [0.15, 0.2) is 0 Å². The Balaban J connectivity index is 2.15. The van der Waals surface area contributed by atoms with Crippen LogP contribution in [0.25, 0.3) is 0 Å². The maximum absolute atomic E-state index is 12.1. The molecule has 2 rings (SSSR count). The summed E-state index contributed by atoms with van der Waals surface area (Å²) in [5.41, 5.74) is 0.428. The Bertz CT molecular complexity index is 427. The number of aliphatic hydroxyl groups is 1. The molecule has 1 unspecified atom stereocenters. The average Bonchev–Trinajstić information content (AvgIpc) is 3.07. The highest BCUT2D eigenvalue weighted by molar-refractivity contribution is 6.31. The highest BCUT2D eigenvalue weighted by Crippen LogP contribution is 2.50. The minimum Gasteiger partial charge on any atom is -0.392 e. The summed E-state index contributed by atoms with van der Waals surface area (Å²) in [7, 11) is 0. The smallest absolute Gasteiger partial charge is 0.230 e. The summed E-state index contributed by atoms with van der Waals surface area (Å²) in [6.07, 6.45) is 1.12. The highest BCUT2D eigenvalue weighted by Gasteiger charge is 2.52. The molecular formula is C13H16ClNO2. The van der Waals surface area contributed by atoms with Gasteiger partial charge in [-0.1, -0.05) is 29.8 Å². The van der Waals surface area contributed by atoms with E-state index in [1.165, 1.54) is 0 Å². The van der Waals surface area contributed by atoms with Gasteiger partial charge >= 0.3 is 0 Å². The van der Waals surface area contributed by atoms with Crippen LogP contribution in [0.1, 0.15) is 25.3 Å². The van der Waals surface area contributed by atoms with Crippen molar-refractivity contribution in [3.8, 4) is 0 Å². The van der Waals surface area contributed by atoms with Crippen molar-refractivity contribution >= 4 is 17.5 Å². The zero-order valence-electron chi connectivity index (χ0n) is 9.74. The molecule has 0 bridgehead atoms. The van der Waals surface area contributed by atoms with Crippen LogP contribution < -0.4 is 5.32 Å². The number of hydrogen-bond acceptors (Lipinski definition) is 2. The molecule has 1 aliphatic carbocycles. The average molecular weight is 254 g/mol. The maximum atomic E-state index is 12.1. The molecule has 1 aromatic carbocycles. The molecule has 0 heterocycles. The number of nitrogens with one attached hydrogen (secondary N) is 1. The molecule has 92 valence electrons. The van der Waals surface area contributed by atoms with Crippen molar-refractivity contribution in [2.45, 2.75) is 31.3 Å². The van der Waals surface area contributed by atoms with E-state index >= 15 is 0 Å². The molecule has 3 nitrogen and oxygen atoms in total. The van der Waals surface area contributed by atoms with Crippen LogP contribution in [0.2, 0.25) is 5.02 Å². The Morgan fingerprint density at radius 3 is 2.71 bits per heavy atom. The first-order valence-electron chi connectivity index (χ1n) is 5.77. The quantitative estimate of drug-likeness (QED) is 0.861. The lowest BCUT2D eigenvalue weighted by atomic mass is 9.95. The maximum Gasteiger partial charge on any atom is 0.230 e. The standard InChI is InChI=1S/C13H16ClNO2/c1-9(16)8-15-12(17)13(6-7-13)10-4-2-3-5-11(10)14/h2-5,9,16H,6-8H2,1H3,(H,15,17). The second-order valence-electron chi connectivity index (χ2n) is 4.62. The fraction of sp³-hybridized carbons (Fsp3) is 0.462. The van der Waals surface area contributed by atoms with Crippen LogP contribution in [-0.4, -0.2) is 23.7 Å². The number of halogens is 1. The zero-order valence-corrected chi connectivity index (χ0v) is 10.5. The van der Waals surface area contributed by atoms with E-state index in [0.29, 0.717) is 5.02 Å². The first-order chi connectivity index (χ1) is 8.06. The molecule has 1 amide bonds. The molecule has 0 spiro atoms. The van der Waals surface area contributed by atoms with Gasteiger partial charge in [0.05, 0.1) is 11.5 Å². The topological polar surface area (TPSA) is 49.3 Å². The van der Waals surface area contributed by atoms with Crippen molar-refractivity contribution in [2.24, 2.45) is 0 Å². The van der Waals surface area contributed by atoms with Gasteiger partial charge in [-0.15, -0.1) is 0 Å². The van der Waals surface area contributed by atoms with Gasteiger partial charge in [-0.3, -0.25) is 4.79 Å². The van der Waals surface area contributed by atoms with Crippen molar-refractivity contribution < 1.29 is 9.90 Å². The Labute approximate surface area is 106 Å². The molecule has 1 saturated carbocycles. The van der Waals surface area contributed by atoms with Crippen molar-refractivity contribution in [1.29, 1.82) is 0 Å². The van der Waals surface area contributed by atoms with Crippen LogP contribution in [-0.2, 0) is 10.2 Å². The van der Waals surface area contributed by atoms with Crippen LogP contribution in [0.3, 0.4) is 0 Å². The van der Waals surface area contributed by atoms with Crippen LogP contribution in [0, 0.1) is 0 Å². The SMILES string of the molecule is CC(O)CNC(=O)C1(c2ccccc2Cl)CC1. The third kappa shape index (κ3) is 2.45. The number of carbonyl (C=O) groups excluding carboxylic acids is 1. The summed E-state index contributed by atoms with van der Waals surface area (Å²) in [6.45, 7) is 1.93. The molecule has 1 atom stereocenters. The van der Waals surface area contributed by atoms with Crippen LogP contribution in [0.5, 0.6) is 0 Å². The predicted octanol–water partition coefficient (Wildman–Crippen LogP) is 1.87. The van der Waals surface area contributed by atoms with Crippen LogP contribution in [0.4, 0.5) is 0 Å².